The molecule has 0 N–H and O–H groups in total. The normalized spacial score (nSPS) is 16.5. The van der Waals surface area contributed by atoms with Gasteiger partial charge in [-0.25, -0.2) is 4.98 Å². The van der Waals surface area contributed by atoms with Gasteiger partial charge in [0.25, 0.3) is 5.78 Å². The number of rotatable bonds is 1. The van der Waals surface area contributed by atoms with Crippen molar-refractivity contribution in [1.82, 2.24) is 19.6 Å². The largest absolute Gasteiger partial charge is 0.356 e. The third-order valence-electron chi connectivity index (χ3n) is 2.79. The number of aromatic nitrogens is 4. The molecule has 0 radical (unpaired) electrons. The molecule has 0 atom stereocenters. The maximum Gasteiger partial charge on any atom is 0.254 e. The van der Waals surface area contributed by atoms with E-state index in [1.165, 1.54) is 12.8 Å². The molecule has 15 heavy (non-hydrogen) atoms. The first kappa shape index (κ1) is 8.64. The maximum atomic E-state index is 4.33. The highest BCUT2D eigenvalue weighted by Crippen LogP contribution is 2.20. The molecule has 0 bridgehead atoms. The first-order chi connectivity index (χ1) is 7.34. The standard InChI is InChI=1S/C10H13N5/c1-8-6-9(14-4-2-3-5-14)15-10(13-8)11-7-12-15/h6-7H,2-5H2,1H3. The molecule has 0 amide bonds. The Kier molecular flexibility index (Phi) is 1.83. The Morgan fingerprint density at radius 3 is 2.87 bits per heavy atom. The quantitative estimate of drug-likeness (QED) is 0.694. The van der Waals surface area contributed by atoms with Gasteiger partial charge < -0.3 is 4.90 Å². The third kappa shape index (κ3) is 1.35. The fourth-order valence-corrected chi connectivity index (χ4v) is 2.08. The first-order valence-corrected chi connectivity index (χ1v) is 5.27. The Bertz CT molecular complexity index is 484. The summed E-state index contributed by atoms with van der Waals surface area (Å²) in [6.07, 6.45) is 4.08. The van der Waals surface area contributed by atoms with Gasteiger partial charge in [-0.1, -0.05) is 0 Å². The van der Waals surface area contributed by atoms with Gasteiger partial charge >= 0.3 is 0 Å². The van der Waals surface area contributed by atoms with Crippen LogP contribution in [0.25, 0.3) is 5.78 Å². The van der Waals surface area contributed by atoms with Gasteiger partial charge in [-0.2, -0.15) is 14.6 Å². The molecule has 5 heteroatoms. The molecule has 3 rings (SSSR count). The predicted octanol–water partition coefficient (Wildman–Crippen LogP) is 1.03. The Morgan fingerprint density at radius 2 is 2.07 bits per heavy atom. The molecule has 0 spiro atoms. The molecule has 0 aromatic carbocycles. The van der Waals surface area contributed by atoms with Crippen LogP contribution in [-0.2, 0) is 0 Å². The van der Waals surface area contributed by atoms with E-state index < -0.39 is 0 Å². The highest BCUT2D eigenvalue weighted by Gasteiger charge is 2.16. The van der Waals surface area contributed by atoms with E-state index in [1.54, 1.807) is 6.33 Å². The summed E-state index contributed by atoms with van der Waals surface area (Å²) in [7, 11) is 0. The van der Waals surface area contributed by atoms with Crippen molar-refractivity contribution in [2.45, 2.75) is 19.8 Å². The summed E-state index contributed by atoms with van der Waals surface area (Å²) in [5.74, 6) is 1.81. The second-order valence-corrected chi connectivity index (χ2v) is 3.92. The molecule has 1 aliphatic rings. The average molecular weight is 203 g/mol. The van der Waals surface area contributed by atoms with Gasteiger partial charge in [0.15, 0.2) is 0 Å². The van der Waals surface area contributed by atoms with E-state index in [1.807, 2.05) is 11.4 Å². The number of hydrogen-bond donors (Lipinski definition) is 0. The zero-order chi connectivity index (χ0) is 10.3. The summed E-state index contributed by atoms with van der Waals surface area (Å²) < 4.78 is 1.82. The molecule has 1 aliphatic heterocycles. The summed E-state index contributed by atoms with van der Waals surface area (Å²) in [5.41, 5.74) is 0.998. The van der Waals surface area contributed by atoms with Crippen LogP contribution in [-0.4, -0.2) is 32.7 Å². The summed E-state index contributed by atoms with van der Waals surface area (Å²) in [6.45, 7) is 4.21. The molecule has 1 saturated heterocycles. The minimum atomic E-state index is 0.692. The van der Waals surface area contributed by atoms with Crippen LogP contribution in [0.2, 0.25) is 0 Å². The van der Waals surface area contributed by atoms with Gasteiger partial charge in [0, 0.05) is 24.8 Å². The zero-order valence-corrected chi connectivity index (χ0v) is 8.72. The Hall–Kier alpha value is -1.65. The molecule has 1 fully saturated rings. The second kappa shape index (κ2) is 3.18. The third-order valence-corrected chi connectivity index (χ3v) is 2.79. The van der Waals surface area contributed by atoms with E-state index in [9.17, 15) is 0 Å². The van der Waals surface area contributed by atoms with E-state index >= 15 is 0 Å². The van der Waals surface area contributed by atoms with E-state index in [2.05, 4.69) is 26.0 Å². The lowest BCUT2D eigenvalue weighted by molar-refractivity contribution is 0.845. The minimum absolute atomic E-state index is 0.692. The molecular formula is C10H13N5. The number of fused-ring (bicyclic) bond motifs is 1. The lowest BCUT2D eigenvalue weighted by Gasteiger charge is -2.18. The van der Waals surface area contributed by atoms with E-state index in [4.69, 9.17) is 0 Å². The van der Waals surface area contributed by atoms with Crippen LogP contribution in [0.15, 0.2) is 12.4 Å². The van der Waals surface area contributed by atoms with Crippen LogP contribution in [0.1, 0.15) is 18.5 Å². The lowest BCUT2D eigenvalue weighted by Crippen LogP contribution is -2.21. The molecule has 0 saturated carbocycles. The molecule has 78 valence electrons. The molecule has 2 aromatic heterocycles. The topological polar surface area (TPSA) is 46.3 Å². The van der Waals surface area contributed by atoms with Crippen molar-refractivity contribution in [2.24, 2.45) is 0 Å². The maximum absolute atomic E-state index is 4.33. The van der Waals surface area contributed by atoms with Gasteiger partial charge in [0.2, 0.25) is 0 Å². The van der Waals surface area contributed by atoms with Crippen molar-refractivity contribution in [3.63, 3.8) is 0 Å². The summed E-state index contributed by atoms with van der Waals surface area (Å²) in [5, 5.41) is 4.21. The van der Waals surface area contributed by atoms with Gasteiger partial charge in [0.05, 0.1) is 0 Å². The van der Waals surface area contributed by atoms with Crippen molar-refractivity contribution < 1.29 is 0 Å². The van der Waals surface area contributed by atoms with Crippen molar-refractivity contribution >= 4 is 11.6 Å². The van der Waals surface area contributed by atoms with Crippen molar-refractivity contribution in [3.8, 4) is 0 Å². The van der Waals surface area contributed by atoms with Crippen LogP contribution in [0.5, 0.6) is 0 Å². The van der Waals surface area contributed by atoms with Gasteiger partial charge in [-0.15, -0.1) is 0 Å². The Labute approximate surface area is 87.8 Å². The monoisotopic (exact) mass is 203 g/mol. The number of hydrogen-bond acceptors (Lipinski definition) is 4. The minimum Gasteiger partial charge on any atom is -0.356 e. The zero-order valence-electron chi connectivity index (χ0n) is 8.72. The van der Waals surface area contributed by atoms with Crippen molar-refractivity contribution in [3.05, 3.63) is 18.1 Å². The first-order valence-electron chi connectivity index (χ1n) is 5.27. The van der Waals surface area contributed by atoms with Gasteiger partial charge in [-0.05, 0) is 19.8 Å². The van der Waals surface area contributed by atoms with E-state index in [0.717, 1.165) is 24.6 Å². The fraction of sp³-hybridized carbons (Fsp3) is 0.500. The Balaban J connectivity index is 2.18. The van der Waals surface area contributed by atoms with Crippen molar-refractivity contribution in [2.75, 3.05) is 18.0 Å². The van der Waals surface area contributed by atoms with Crippen LogP contribution in [0.3, 0.4) is 0 Å². The van der Waals surface area contributed by atoms with Crippen LogP contribution in [0, 0.1) is 6.92 Å². The summed E-state index contributed by atoms with van der Waals surface area (Å²) in [4.78, 5) is 10.8. The molecule has 2 aromatic rings. The fourth-order valence-electron chi connectivity index (χ4n) is 2.08. The van der Waals surface area contributed by atoms with Crippen molar-refractivity contribution in [1.29, 1.82) is 0 Å². The lowest BCUT2D eigenvalue weighted by atomic mass is 10.4. The van der Waals surface area contributed by atoms with E-state index in [-0.39, 0.29) is 0 Å². The molecular weight excluding hydrogens is 190 g/mol. The number of nitrogens with zero attached hydrogens (tertiary/aromatic N) is 5. The van der Waals surface area contributed by atoms with Gasteiger partial charge in [0.1, 0.15) is 12.1 Å². The highest BCUT2D eigenvalue weighted by atomic mass is 15.4. The second-order valence-electron chi connectivity index (χ2n) is 3.92. The molecule has 0 aliphatic carbocycles. The smallest absolute Gasteiger partial charge is 0.254 e. The average Bonchev–Trinajstić information content (AvgIpc) is 2.86. The number of anilines is 1. The van der Waals surface area contributed by atoms with Crippen LogP contribution >= 0.6 is 0 Å². The molecule has 3 heterocycles. The molecule has 0 unspecified atom stereocenters. The number of aryl methyl sites for hydroxylation is 1. The molecule has 5 nitrogen and oxygen atoms in total. The van der Waals surface area contributed by atoms with E-state index in [0.29, 0.717) is 5.78 Å². The predicted molar refractivity (Wildman–Crippen MR) is 57.0 cm³/mol. The van der Waals surface area contributed by atoms with Crippen LogP contribution in [0.4, 0.5) is 5.82 Å². The summed E-state index contributed by atoms with van der Waals surface area (Å²) in [6, 6.07) is 2.08. The highest BCUT2D eigenvalue weighted by molar-refractivity contribution is 5.47. The van der Waals surface area contributed by atoms with Gasteiger partial charge in [-0.3, -0.25) is 0 Å². The Morgan fingerprint density at radius 1 is 1.27 bits per heavy atom. The van der Waals surface area contributed by atoms with Crippen LogP contribution < -0.4 is 4.90 Å². The SMILES string of the molecule is Cc1cc(N2CCCC2)n2ncnc2n1. The summed E-state index contributed by atoms with van der Waals surface area (Å²) >= 11 is 0.